The van der Waals surface area contributed by atoms with E-state index in [9.17, 15) is 9.59 Å². The Labute approximate surface area is 195 Å². The fourth-order valence-corrected chi connectivity index (χ4v) is 4.39. The molecule has 0 saturated heterocycles. The van der Waals surface area contributed by atoms with E-state index in [1.165, 1.54) is 11.3 Å². The maximum Gasteiger partial charge on any atom is 0.271 e. The number of hydrogen-bond donors (Lipinski definition) is 2. The van der Waals surface area contributed by atoms with Crippen LogP contribution in [0.4, 0.5) is 5.69 Å². The summed E-state index contributed by atoms with van der Waals surface area (Å²) in [5.41, 5.74) is 3.86. The van der Waals surface area contributed by atoms with E-state index in [1.807, 2.05) is 60.8 Å². The van der Waals surface area contributed by atoms with E-state index in [-0.39, 0.29) is 17.7 Å². The summed E-state index contributed by atoms with van der Waals surface area (Å²) in [7, 11) is 0. The fourth-order valence-electron chi connectivity index (χ4n) is 3.61. The Morgan fingerprint density at radius 1 is 1.09 bits per heavy atom. The first-order valence-corrected chi connectivity index (χ1v) is 11.8. The van der Waals surface area contributed by atoms with E-state index in [0.29, 0.717) is 12.2 Å². The van der Waals surface area contributed by atoms with Crippen molar-refractivity contribution in [2.24, 2.45) is 5.92 Å². The number of aromatic nitrogens is 3. The number of hydrogen-bond acceptors (Lipinski definition) is 5. The van der Waals surface area contributed by atoms with Crippen LogP contribution in [0.2, 0.25) is 0 Å². The molecule has 0 unspecified atom stereocenters. The van der Waals surface area contributed by atoms with Crippen LogP contribution in [0.25, 0.3) is 16.3 Å². The first kappa shape index (κ1) is 21.1. The van der Waals surface area contributed by atoms with Crippen LogP contribution in [-0.2, 0) is 11.3 Å². The van der Waals surface area contributed by atoms with Gasteiger partial charge in [0.2, 0.25) is 5.91 Å². The lowest BCUT2D eigenvalue weighted by Gasteiger charge is -2.24. The molecule has 2 amide bonds. The third kappa shape index (κ3) is 4.85. The normalized spacial score (nSPS) is 13.3. The molecule has 2 aromatic carbocycles. The van der Waals surface area contributed by atoms with Gasteiger partial charge in [0.15, 0.2) is 0 Å². The quantitative estimate of drug-likeness (QED) is 0.422. The van der Waals surface area contributed by atoms with Crippen LogP contribution in [0.1, 0.15) is 35.3 Å². The first-order valence-electron chi connectivity index (χ1n) is 10.9. The first-order chi connectivity index (χ1) is 16.2. The molecule has 0 aliphatic heterocycles. The molecule has 1 aliphatic carbocycles. The Balaban J connectivity index is 1.20. The van der Waals surface area contributed by atoms with Crippen LogP contribution in [0.5, 0.6) is 0 Å². The number of anilines is 1. The number of nitrogens with one attached hydrogen (secondary N) is 2. The van der Waals surface area contributed by atoms with Crippen molar-refractivity contribution in [3.05, 3.63) is 83.6 Å². The second-order valence-corrected chi connectivity index (χ2v) is 8.91. The van der Waals surface area contributed by atoms with Crippen molar-refractivity contribution in [2.75, 3.05) is 5.32 Å². The van der Waals surface area contributed by atoms with Gasteiger partial charge in [-0.05, 0) is 42.7 Å². The summed E-state index contributed by atoms with van der Waals surface area (Å²) in [5.74, 6) is -0.0306. The fraction of sp³-hybridized carbons (Fsp3) is 0.200. The van der Waals surface area contributed by atoms with E-state index in [2.05, 4.69) is 20.7 Å². The molecule has 7 nitrogen and oxygen atoms in total. The lowest BCUT2D eigenvalue weighted by molar-refractivity contribution is -0.122. The minimum atomic E-state index is -0.239. The number of amides is 2. The summed E-state index contributed by atoms with van der Waals surface area (Å²) in [6, 6.07) is 17.4. The van der Waals surface area contributed by atoms with Crippen molar-refractivity contribution in [3.8, 4) is 16.3 Å². The summed E-state index contributed by atoms with van der Waals surface area (Å²) in [6.45, 7) is 0.352. The average molecular weight is 458 g/mol. The summed E-state index contributed by atoms with van der Waals surface area (Å²) in [4.78, 5) is 29.3. The van der Waals surface area contributed by atoms with E-state index in [1.54, 1.807) is 16.3 Å². The lowest BCUT2D eigenvalue weighted by Crippen LogP contribution is -2.28. The van der Waals surface area contributed by atoms with Crippen LogP contribution in [0.3, 0.4) is 0 Å². The molecule has 33 heavy (non-hydrogen) atoms. The maximum atomic E-state index is 12.6. The number of para-hydroxylation sites is 1. The average Bonchev–Trinajstić information content (AvgIpc) is 3.47. The second kappa shape index (κ2) is 9.38. The van der Waals surface area contributed by atoms with Gasteiger partial charge in [0, 0.05) is 35.3 Å². The van der Waals surface area contributed by atoms with Crippen molar-refractivity contribution < 1.29 is 9.59 Å². The zero-order valence-electron chi connectivity index (χ0n) is 17.9. The molecule has 1 saturated carbocycles. The van der Waals surface area contributed by atoms with Crippen molar-refractivity contribution in [3.63, 3.8) is 0 Å². The summed E-state index contributed by atoms with van der Waals surface area (Å²) in [6.07, 6.45) is 6.70. The van der Waals surface area contributed by atoms with Crippen molar-refractivity contribution in [2.45, 2.75) is 25.8 Å². The van der Waals surface area contributed by atoms with Gasteiger partial charge in [0.1, 0.15) is 10.7 Å². The predicted octanol–water partition coefficient (Wildman–Crippen LogP) is 4.66. The minimum Gasteiger partial charge on any atom is -0.347 e. The zero-order valence-corrected chi connectivity index (χ0v) is 18.7. The molecule has 2 aromatic heterocycles. The zero-order chi connectivity index (χ0) is 22.6. The SMILES string of the molecule is O=C(NCc1cccc(NC(=O)C2CCC2)c1)c1csc(-c2cnn(-c3ccccc3)c2)n1. The van der Waals surface area contributed by atoms with Gasteiger partial charge in [-0.15, -0.1) is 11.3 Å². The number of rotatable bonds is 7. The Kier molecular flexibility index (Phi) is 5.99. The van der Waals surface area contributed by atoms with Crippen LogP contribution in [-0.4, -0.2) is 26.6 Å². The molecule has 2 N–H and O–H groups in total. The molecule has 0 radical (unpaired) electrons. The Morgan fingerprint density at radius 3 is 2.73 bits per heavy atom. The van der Waals surface area contributed by atoms with Gasteiger partial charge in [-0.1, -0.05) is 36.8 Å². The highest BCUT2D eigenvalue weighted by atomic mass is 32.1. The van der Waals surface area contributed by atoms with Crippen LogP contribution >= 0.6 is 11.3 Å². The minimum absolute atomic E-state index is 0.0769. The van der Waals surface area contributed by atoms with Crippen LogP contribution < -0.4 is 10.6 Å². The van der Waals surface area contributed by atoms with E-state index in [4.69, 9.17) is 0 Å². The third-order valence-corrected chi connectivity index (χ3v) is 6.60. The molecular formula is C25H23N5O2S. The Hall–Kier alpha value is -3.78. The molecule has 0 bridgehead atoms. The second-order valence-electron chi connectivity index (χ2n) is 8.05. The summed E-state index contributed by atoms with van der Waals surface area (Å²) in [5, 5.41) is 12.8. The standard InChI is InChI=1S/C25H23N5O2S/c31-23(18-7-5-8-18)28-20-9-4-6-17(12-20)13-26-24(32)22-16-33-25(29-22)19-14-27-30(15-19)21-10-2-1-3-11-21/h1-4,6,9-12,14-16,18H,5,7-8,13H2,(H,26,32)(H,28,31). The maximum absolute atomic E-state index is 12.6. The molecule has 1 fully saturated rings. The summed E-state index contributed by atoms with van der Waals surface area (Å²) >= 11 is 1.41. The van der Waals surface area contributed by atoms with E-state index in [0.717, 1.165) is 46.8 Å². The Bertz CT molecular complexity index is 1280. The largest absolute Gasteiger partial charge is 0.347 e. The van der Waals surface area contributed by atoms with Gasteiger partial charge in [0.25, 0.3) is 5.91 Å². The number of carbonyl (C=O) groups excluding carboxylic acids is 2. The molecule has 5 rings (SSSR count). The van der Waals surface area contributed by atoms with Gasteiger partial charge in [0.05, 0.1) is 11.9 Å². The number of thiazole rings is 1. The van der Waals surface area contributed by atoms with Crippen molar-refractivity contribution >= 4 is 28.8 Å². The molecular weight excluding hydrogens is 434 g/mol. The van der Waals surface area contributed by atoms with Gasteiger partial charge in [-0.25, -0.2) is 9.67 Å². The topological polar surface area (TPSA) is 88.9 Å². The molecule has 166 valence electrons. The van der Waals surface area contributed by atoms with Gasteiger partial charge in [-0.2, -0.15) is 5.10 Å². The molecule has 4 aromatic rings. The molecule has 2 heterocycles. The number of carbonyl (C=O) groups is 2. The van der Waals surface area contributed by atoms with Gasteiger partial charge < -0.3 is 10.6 Å². The third-order valence-electron chi connectivity index (χ3n) is 5.71. The molecule has 8 heteroatoms. The highest BCUT2D eigenvalue weighted by Gasteiger charge is 2.25. The van der Waals surface area contributed by atoms with Crippen molar-refractivity contribution in [1.29, 1.82) is 0 Å². The van der Waals surface area contributed by atoms with Crippen LogP contribution in [0, 0.1) is 5.92 Å². The molecule has 1 aliphatic rings. The predicted molar refractivity (Wildman–Crippen MR) is 128 cm³/mol. The van der Waals surface area contributed by atoms with E-state index >= 15 is 0 Å². The molecule has 0 spiro atoms. The monoisotopic (exact) mass is 457 g/mol. The van der Waals surface area contributed by atoms with Crippen molar-refractivity contribution in [1.82, 2.24) is 20.1 Å². The Morgan fingerprint density at radius 2 is 1.94 bits per heavy atom. The number of nitrogens with zero attached hydrogens (tertiary/aromatic N) is 3. The highest BCUT2D eigenvalue weighted by molar-refractivity contribution is 7.13. The van der Waals surface area contributed by atoms with Crippen LogP contribution in [0.15, 0.2) is 72.4 Å². The van der Waals surface area contributed by atoms with Gasteiger partial charge in [-0.3, -0.25) is 9.59 Å². The van der Waals surface area contributed by atoms with E-state index < -0.39 is 0 Å². The summed E-state index contributed by atoms with van der Waals surface area (Å²) < 4.78 is 1.78. The lowest BCUT2D eigenvalue weighted by atomic mass is 9.85. The smallest absolute Gasteiger partial charge is 0.271 e. The number of benzene rings is 2. The molecule has 0 atom stereocenters. The highest BCUT2D eigenvalue weighted by Crippen LogP contribution is 2.28. The van der Waals surface area contributed by atoms with Gasteiger partial charge >= 0.3 is 0 Å².